The fourth-order valence-electron chi connectivity index (χ4n) is 2.06. The zero-order valence-electron chi connectivity index (χ0n) is 13.0. The van der Waals surface area contributed by atoms with Gasteiger partial charge in [0, 0.05) is 18.9 Å². The maximum atomic E-state index is 12.3. The van der Waals surface area contributed by atoms with E-state index in [9.17, 15) is 18.0 Å². The van der Waals surface area contributed by atoms with E-state index in [2.05, 4.69) is 11.6 Å². The molecular formula is C15H19N3O4S. The monoisotopic (exact) mass is 337 g/mol. The molecule has 0 unspecified atom stereocenters. The molecule has 0 aliphatic carbocycles. The summed E-state index contributed by atoms with van der Waals surface area (Å²) in [6.07, 6.45) is 4.09. The summed E-state index contributed by atoms with van der Waals surface area (Å²) in [5, 5.41) is 0. The van der Waals surface area contributed by atoms with Crippen LogP contribution in [0, 0.1) is 0 Å². The number of aromatic amines is 1. The highest BCUT2D eigenvalue weighted by Gasteiger charge is 2.19. The van der Waals surface area contributed by atoms with Crippen LogP contribution in [0.2, 0.25) is 0 Å². The summed E-state index contributed by atoms with van der Waals surface area (Å²) in [5.41, 5.74) is -0.136. The predicted molar refractivity (Wildman–Crippen MR) is 88.2 cm³/mol. The lowest BCUT2D eigenvalue weighted by atomic mass is 10.1. The average molecular weight is 337 g/mol. The second-order valence-corrected chi connectivity index (χ2v) is 6.92. The molecule has 7 nitrogen and oxygen atoms in total. The van der Waals surface area contributed by atoms with Gasteiger partial charge < -0.3 is 4.57 Å². The first-order chi connectivity index (χ1) is 10.8. The molecule has 0 aliphatic rings. The van der Waals surface area contributed by atoms with E-state index in [1.54, 1.807) is 12.1 Å². The second kappa shape index (κ2) is 6.82. The van der Waals surface area contributed by atoms with Crippen LogP contribution in [0.3, 0.4) is 0 Å². The van der Waals surface area contributed by atoms with Crippen LogP contribution in [0.1, 0.15) is 25.3 Å². The lowest BCUT2D eigenvalue weighted by Gasteiger charge is -2.09. The highest BCUT2D eigenvalue weighted by molar-refractivity contribution is 7.92. The second-order valence-electron chi connectivity index (χ2n) is 5.27. The van der Waals surface area contributed by atoms with Crippen molar-refractivity contribution in [2.75, 3.05) is 4.72 Å². The molecule has 2 aromatic rings. The molecule has 2 N–H and O–H groups in total. The van der Waals surface area contributed by atoms with Crippen LogP contribution in [-0.4, -0.2) is 18.0 Å². The fraction of sp³-hybridized carbons (Fsp3) is 0.333. The summed E-state index contributed by atoms with van der Waals surface area (Å²) in [5.74, 6) is 0. The standard InChI is InChI=1S/C15H19N3O4S/c1-3-4-5-11-6-8-12(9-7-11)17-23(21,22)13-10-18(2)15(20)16-14(13)19/h6-10,17H,3-5H2,1-2H3,(H,16,19,20). The number of unbranched alkanes of at least 4 members (excludes halogenated alkanes) is 1. The molecule has 0 saturated heterocycles. The zero-order valence-corrected chi connectivity index (χ0v) is 13.8. The molecule has 124 valence electrons. The number of nitrogens with one attached hydrogen (secondary N) is 2. The van der Waals surface area contributed by atoms with E-state index >= 15 is 0 Å². The molecule has 1 aromatic heterocycles. The first-order valence-corrected chi connectivity index (χ1v) is 8.73. The molecule has 1 heterocycles. The number of aryl methyl sites for hydroxylation is 2. The number of rotatable bonds is 6. The van der Waals surface area contributed by atoms with Crippen LogP contribution in [0.25, 0.3) is 0 Å². The highest BCUT2D eigenvalue weighted by Crippen LogP contribution is 2.15. The third-order valence-electron chi connectivity index (χ3n) is 3.39. The molecule has 0 fully saturated rings. The van der Waals surface area contributed by atoms with E-state index in [-0.39, 0.29) is 0 Å². The van der Waals surface area contributed by atoms with Crippen molar-refractivity contribution in [3.8, 4) is 0 Å². The number of anilines is 1. The quantitative estimate of drug-likeness (QED) is 0.827. The Hall–Kier alpha value is -2.35. The number of hydrogen-bond acceptors (Lipinski definition) is 4. The molecular weight excluding hydrogens is 318 g/mol. The number of H-pyrrole nitrogens is 1. The molecule has 0 saturated carbocycles. The SMILES string of the molecule is CCCCc1ccc(NS(=O)(=O)c2cn(C)c(=O)[nH]c2=O)cc1. The summed E-state index contributed by atoms with van der Waals surface area (Å²) >= 11 is 0. The Morgan fingerprint density at radius 3 is 2.43 bits per heavy atom. The molecule has 0 atom stereocenters. The largest absolute Gasteiger partial charge is 0.328 e. The highest BCUT2D eigenvalue weighted by atomic mass is 32.2. The predicted octanol–water partition coefficient (Wildman–Crippen LogP) is 1.22. The zero-order chi connectivity index (χ0) is 17.0. The van der Waals surface area contributed by atoms with E-state index in [4.69, 9.17) is 0 Å². The van der Waals surface area contributed by atoms with Gasteiger partial charge in [-0.25, -0.2) is 13.2 Å². The number of hydrogen-bond donors (Lipinski definition) is 2. The molecule has 0 amide bonds. The van der Waals surface area contributed by atoms with Crippen molar-refractivity contribution >= 4 is 15.7 Å². The van der Waals surface area contributed by atoms with E-state index in [0.717, 1.165) is 35.6 Å². The van der Waals surface area contributed by atoms with Gasteiger partial charge in [0.25, 0.3) is 15.6 Å². The first kappa shape index (κ1) is 17.0. The fourth-order valence-corrected chi connectivity index (χ4v) is 3.21. The molecule has 0 radical (unpaired) electrons. The van der Waals surface area contributed by atoms with Crippen LogP contribution in [-0.2, 0) is 23.5 Å². The van der Waals surface area contributed by atoms with Crippen LogP contribution in [0.4, 0.5) is 5.69 Å². The number of nitrogens with zero attached hydrogens (tertiary/aromatic N) is 1. The molecule has 1 aromatic carbocycles. The van der Waals surface area contributed by atoms with Gasteiger partial charge in [-0.2, -0.15) is 0 Å². The minimum Gasteiger partial charge on any atom is -0.302 e. The van der Waals surface area contributed by atoms with Crippen LogP contribution >= 0.6 is 0 Å². The van der Waals surface area contributed by atoms with Crippen LogP contribution in [0.5, 0.6) is 0 Å². The van der Waals surface area contributed by atoms with Crippen molar-refractivity contribution < 1.29 is 8.42 Å². The Morgan fingerprint density at radius 2 is 1.83 bits per heavy atom. The Balaban J connectivity index is 2.26. The van der Waals surface area contributed by atoms with Gasteiger partial charge >= 0.3 is 5.69 Å². The van der Waals surface area contributed by atoms with Gasteiger partial charge in [-0.3, -0.25) is 14.5 Å². The Kier molecular flexibility index (Phi) is 5.05. The molecule has 0 spiro atoms. The van der Waals surface area contributed by atoms with Gasteiger partial charge in [0.15, 0.2) is 4.90 Å². The minimum atomic E-state index is -4.07. The van der Waals surface area contributed by atoms with E-state index < -0.39 is 26.2 Å². The van der Waals surface area contributed by atoms with Crippen molar-refractivity contribution in [3.05, 3.63) is 56.9 Å². The van der Waals surface area contributed by atoms with Gasteiger partial charge in [0.2, 0.25) is 0 Å². The van der Waals surface area contributed by atoms with Gasteiger partial charge in [-0.05, 0) is 30.5 Å². The van der Waals surface area contributed by atoms with Gasteiger partial charge in [0.1, 0.15) is 0 Å². The molecule has 2 rings (SSSR count). The van der Waals surface area contributed by atoms with Gasteiger partial charge in [0.05, 0.1) is 0 Å². The minimum absolute atomic E-state index is 0.360. The number of sulfonamides is 1. The topological polar surface area (TPSA) is 101 Å². The van der Waals surface area contributed by atoms with Crippen molar-refractivity contribution in [3.63, 3.8) is 0 Å². The number of aromatic nitrogens is 2. The summed E-state index contributed by atoms with van der Waals surface area (Å²) in [4.78, 5) is 24.5. The lowest BCUT2D eigenvalue weighted by molar-refractivity contribution is 0.596. The maximum Gasteiger partial charge on any atom is 0.328 e. The number of benzene rings is 1. The Morgan fingerprint density at radius 1 is 1.17 bits per heavy atom. The van der Waals surface area contributed by atoms with Crippen LogP contribution < -0.4 is 16.0 Å². The lowest BCUT2D eigenvalue weighted by Crippen LogP contribution is -2.33. The summed E-state index contributed by atoms with van der Waals surface area (Å²) in [6, 6.07) is 6.99. The van der Waals surface area contributed by atoms with E-state index in [0.29, 0.717) is 5.69 Å². The van der Waals surface area contributed by atoms with Crippen molar-refractivity contribution in [2.24, 2.45) is 7.05 Å². The van der Waals surface area contributed by atoms with E-state index in [1.807, 2.05) is 17.1 Å². The van der Waals surface area contributed by atoms with Gasteiger partial charge in [-0.1, -0.05) is 25.5 Å². The van der Waals surface area contributed by atoms with Crippen molar-refractivity contribution in [2.45, 2.75) is 31.1 Å². The van der Waals surface area contributed by atoms with Crippen LogP contribution in [0.15, 0.2) is 44.9 Å². The summed E-state index contributed by atoms with van der Waals surface area (Å²) < 4.78 is 27.9. The maximum absolute atomic E-state index is 12.3. The third-order valence-corrected chi connectivity index (χ3v) is 4.76. The normalized spacial score (nSPS) is 11.4. The molecule has 0 aliphatic heterocycles. The molecule has 0 bridgehead atoms. The van der Waals surface area contributed by atoms with E-state index in [1.165, 1.54) is 7.05 Å². The smallest absolute Gasteiger partial charge is 0.302 e. The average Bonchev–Trinajstić information content (AvgIpc) is 2.49. The van der Waals surface area contributed by atoms with Crippen molar-refractivity contribution in [1.29, 1.82) is 0 Å². The Bertz CT molecular complexity index is 896. The van der Waals surface area contributed by atoms with Gasteiger partial charge in [-0.15, -0.1) is 0 Å². The molecule has 23 heavy (non-hydrogen) atoms. The summed E-state index contributed by atoms with van der Waals surface area (Å²) in [6.45, 7) is 2.10. The summed E-state index contributed by atoms with van der Waals surface area (Å²) in [7, 11) is -2.71. The Labute approximate surface area is 134 Å². The third kappa shape index (κ3) is 4.10. The first-order valence-electron chi connectivity index (χ1n) is 7.25. The van der Waals surface area contributed by atoms with Crippen molar-refractivity contribution in [1.82, 2.24) is 9.55 Å². The molecule has 8 heteroatoms.